The summed E-state index contributed by atoms with van der Waals surface area (Å²) >= 11 is -1.46. The van der Waals surface area contributed by atoms with Crippen molar-refractivity contribution in [2.75, 3.05) is 12.4 Å². The van der Waals surface area contributed by atoms with Crippen molar-refractivity contribution >= 4 is 22.8 Å². The molecule has 1 amide bonds. The molecule has 1 heterocycles. The number of methoxy groups -OCH3 is 1. The van der Waals surface area contributed by atoms with Crippen LogP contribution in [0.2, 0.25) is 0 Å². The molecule has 1 aromatic heterocycles. The number of carbonyl (C=O) groups excluding carboxylic acids is 1. The van der Waals surface area contributed by atoms with Gasteiger partial charge in [-0.3, -0.25) is 4.79 Å². The van der Waals surface area contributed by atoms with E-state index in [0.29, 0.717) is 16.3 Å². The minimum atomic E-state index is -1.46. The van der Waals surface area contributed by atoms with Gasteiger partial charge in [0.05, 0.1) is 18.3 Å². The maximum Gasteiger partial charge on any atom is 0.317 e. The molecule has 3 aromatic rings. The summed E-state index contributed by atoms with van der Waals surface area (Å²) in [4.78, 5) is 12.9. The first-order chi connectivity index (χ1) is 11.7. The largest absolute Gasteiger partial charge is 0.604 e. The molecule has 122 valence electrons. The fourth-order valence-corrected chi connectivity index (χ4v) is 3.09. The van der Waals surface area contributed by atoms with Crippen LogP contribution in [0.15, 0.2) is 81.1 Å². The van der Waals surface area contributed by atoms with Crippen molar-refractivity contribution in [1.29, 1.82) is 0 Å². The maximum atomic E-state index is 12.4. The zero-order valence-electron chi connectivity index (χ0n) is 12.9. The van der Waals surface area contributed by atoms with Crippen LogP contribution in [0.4, 0.5) is 5.69 Å². The van der Waals surface area contributed by atoms with Gasteiger partial charge in [0.25, 0.3) is 5.91 Å². The SMILES string of the molecule is COc1cccc(NC(=O)c2ccc([S+]([O-])c3ccccc3)o2)c1. The number of hydrogen-bond acceptors (Lipinski definition) is 4. The molecule has 24 heavy (non-hydrogen) atoms. The lowest BCUT2D eigenvalue weighted by Crippen LogP contribution is -2.11. The number of nitrogens with one attached hydrogen (secondary N) is 1. The molecule has 0 aliphatic heterocycles. The Hall–Kier alpha value is -2.70. The van der Waals surface area contributed by atoms with Crippen LogP contribution >= 0.6 is 0 Å². The maximum absolute atomic E-state index is 12.4. The highest BCUT2D eigenvalue weighted by Gasteiger charge is 2.21. The number of carbonyl (C=O) groups is 1. The number of hydrogen-bond donors (Lipinski definition) is 1. The van der Waals surface area contributed by atoms with Gasteiger partial charge in [0, 0.05) is 17.8 Å². The Labute approximate surface area is 142 Å². The van der Waals surface area contributed by atoms with Gasteiger partial charge < -0.3 is 19.0 Å². The molecule has 1 N–H and O–H groups in total. The molecule has 1 atom stereocenters. The summed E-state index contributed by atoms with van der Waals surface area (Å²) in [5, 5.41) is 2.95. The normalized spacial score (nSPS) is 11.8. The number of anilines is 1. The summed E-state index contributed by atoms with van der Waals surface area (Å²) in [6.45, 7) is 0. The first-order valence-electron chi connectivity index (χ1n) is 7.19. The number of benzene rings is 2. The van der Waals surface area contributed by atoms with Crippen LogP contribution in [0.3, 0.4) is 0 Å². The van der Waals surface area contributed by atoms with Crippen molar-refractivity contribution in [3.63, 3.8) is 0 Å². The molecular formula is C18H15NO4S. The number of amides is 1. The number of ether oxygens (including phenoxy) is 1. The van der Waals surface area contributed by atoms with E-state index in [1.165, 1.54) is 6.07 Å². The second-order valence-corrected chi connectivity index (χ2v) is 6.30. The van der Waals surface area contributed by atoms with Crippen molar-refractivity contribution in [1.82, 2.24) is 0 Å². The monoisotopic (exact) mass is 341 g/mol. The lowest BCUT2D eigenvalue weighted by atomic mass is 10.3. The van der Waals surface area contributed by atoms with Gasteiger partial charge >= 0.3 is 5.09 Å². The van der Waals surface area contributed by atoms with Crippen molar-refractivity contribution in [2.45, 2.75) is 9.99 Å². The Bertz CT molecular complexity index is 832. The highest BCUT2D eigenvalue weighted by molar-refractivity contribution is 7.91. The van der Waals surface area contributed by atoms with E-state index in [1.807, 2.05) is 6.07 Å². The smallest absolute Gasteiger partial charge is 0.317 e. The fourth-order valence-electron chi connectivity index (χ4n) is 2.10. The third-order valence-corrected chi connectivity index (χ3v) is 4.56. The lowest BCUT2D eigenvalue weighted by Gasteiger charge is -2.06. The predicted molar refractivity (Wildman–Crippen MR) is 90.8 cm³/mol. The third-order valence-electron chi connectivity index (χ3n) is 3.27. The van der Waals surface area contributed by atoms with Crippen LogP contribution in [0.1, 0.15) is 10.6 Å². The van der Waals surface area contributed by atoms with E-state index in [-0.39, 0.29) is 10.9 Å². The molecular weight excluding hydrogens is 326 g/mol. The van der Waals surface area contributed by atoms with Crippen molar-refractivity contribution in [2.24, 2.45) is 0 Å². The van der Waals surface area contributed by atoms with E-state index in [0.717, 1.165) is 0 Å². The van der Waals surface area contributed by atoms with Crippen molar-refractivity contribution in [3.05, 3.63) is 72.5 Å². The predicted octanol–water partition coefficient (Wildman–Crippen LogP) is 3.71. The van der Waals surface area contributed by atoms with E-state index in [9.17, 15) is 9.35 Å². The molecule has 5 nitrogen and oxygen atoms in total. The molecule has 3 rings (SSSR count). The summed E-state index contributed by atoms with van der Waals surface area (Å²) in [5.41, 5.74) is 0.585. The standard InChI is InChI=1S/C18H15NO4S/c1-22-14-7-5-6-13(12-14)19-18(20)16-10-11-17(23-16)24(21)15-8-3-2-4-9-15/h2-12H,1H3,(H,19,20). The Kier molecular flexibility index (Phi) is 4.88. The van der Waals surface area contributed by atoms with Gasteiger partial charge in [-0.1, -0.05) is 24.3 Å². The van der Waals surface area contributed by atoms with Gasteiger partial charge in [-0.2, -0.15) is 0 Å². The molecule has 0 saturated carbocycles. The van der Waals surface area contributed by atoms with Crippen LogP contribution < -0.4 is 10.1 Å². The van der Waals surface area contributed by atoms with Crippen LogP contribution in [0, 0.1) is 0 Å². The summed E-state index contributed by atoms with van der Waals surface area (Å²) in [6, 6.07) is 19.0. The first kappa shape index (κ1) is 16.2. The molecule has 1 unspecified atom stereocenters. The minimum Gasteiger partial charge on any atom is -0.604 e. The van der Waals surface area contributed by atoms with Gasteiger partial charge in [-0.05, 0) is 30.3 Å². The van der Waals surface area contributed by atoms with Crippen molar-refractivity contribution in [3.8, 4) is 5.75 Å². The molecule has 2 aromatic carbocycles. The van der Waals surface area contributed by atoms with Gasteiger partial charge in [0.1, 0.15) is 5.75 Å². The van der Waals surface area contributed by atoms with Gasteiger partial charge in [-0.15, -0.1) is 0 Å². The van der Waals surface area contributed by atoms with Crippen LogP contribution in [0.5, 0.6) is 5.75 Å². The van der Waals surface area contributed by atoms with E-state index in [4.69, 9.17) is 9.15 Å². The van der Waals surface area contributed by atoms with Crippen LogP contribution in [0.25, 0.3) is 0 Å². The summed E-state index contributed by atoms with van der Waals surface area (Å²) < 4.78 is 23.0. The molecule has 0 bridgehead atoms. The Balaban J connectivity index is 1.74. The first-order valence-corrected chi connectivity index (χ1v) is 8.34. The fraction of sp³-hybridized carbons (Fsp3) is 0.0556. The average molecular weight is 341 g/mol. The highest BCUT2D eigenvalue weighted by Crippen LogP contribution is 2.23. The summed E-state index contributed by atoms with van der Waals surface area (Å²) in [5.74, 6) is 0.315. The quantitative estimate of drug-likeness (QED) is 0.718. The minimum absolute atomic E-state index is 0.0945. The topological polar surface area (TPSA) is 74.5 Å². The second-order valence-electron chi connectivity index (χ2n) is 4.89. The Morgan fingerprint density at radius 3 is 2.62 bits per heavy atom. The zero-order valence-corrected chi connectivity index (χ0v) is 13.7. The van der Waals surface area contributed by atoms with Gasteiger partial charge in [-0.25, -0.2) is 0 Å². The van der Waals surface area contributed by atoms with Crippen LogP contribution in [-0.4, -0.2) is 17.6 Å². The average Bonchev–Trinajstić information content (AvgIpc) is 3.12. The second kappa shape index (κ2) is 7.25. The molecule has 6 heteroatoms. The third kappa shape index (κ3) is 3.61. The summed E-state index contributed by atoms with van der Waals surface area (Å²) in [6.07, 6.45) is 0. The summed E-state index contributed by atoms with van der Waals surface area (Å²) in [7, 11) is 1.55. The lowest BCUT2D eigenvalue weighted by molar-refractivity contribution is 0.0991. The van der Waals surface area contributed by atoms with Gasteiger partial charge in [0.15, 0.2) is 10.7 Å². The van der Waals surface area contributed by atoms with E-state index < -0.39 is 17.1 Å². The molecule has 0 aliphatic carbocycles. The van der Waals surface area contributed by atoms with E-state index in [1.54, 1.807) is 61.7 Å². The zero-order chi connectivity index (χ0) is 16.9. The molecule has 0 fully saturated rings. The molecule has 0 aliphatic rings. The number of furan rings is 1. The Morgan fingerprint density at radius 1 is 1.08 bits per heavy atom. The highest BCUT2D eigenvalue weighted by atomic mass is 32.2. The van der Waals surface area contributed by atoms with E-state index >= 15 is 0 Å². The van der Waals surface area contributed by atoms with Crippen molar-refractivity contribution < 1.29 is 18.5 Å². The molecule has 0 spiro atoms. The molecule has 0 radical (unpaired) electrons. The van der Waals surface area contributed by atoms with Crippen LogP contribution in [-0.2, 0) is 11.2 Å². The number of rotatable bonds is 5. The van der Waals surface area contributed by atoms with E-state index in [2.05, 4.69) is 5.32 Å². The Morgan fingerprint density at radius 2 is 1.88 bits per heavy atom. The molecule has 0 saturated heterocycles. The van der Waals surface area contributed by atoms with Gasteiger partial charge in [0.2, 0.25) is 0 Å².